The van der Waals surface area contributed by atoms with E-state index in [2.05, 4.69) is 12.1 Å². The number of anilines is 1. The molecule has 2 heteroatoms. The first-order valence-electron chi connectivity index (χ1n) is 6.20. The molecule has 2 rings (SSSR count). The van der Waals surface area contributed by atoms with E-state index >= 15 is 0 Å². The molecule has 0 fully saturated rings. The second kappa shape index (κ2) is 5.58. The molecule has 0 atom stereocenters. The van der Waals surface area contributed by atoms with Gasteiger partial charge in [-0.25, -0.2) is 0 Å². The highest BCUT2D eigenvalue weighted by Crippen LogP contribution is 2.24. The van der Waals surface area contributed by atoms with Gasteiger partial charge in [0.15, 0.2) is 0 Å². The van der Waals surface area contributed by atoms with Crippen molar-refractivity contribution in [2.45, 2.75) is 20.3 Å². The molecule has 0 aliphatic carbocycles. The molecule has 0 unspecified atom stereocenters. The summed E-state index contributed by atoms with van der Waals surface area (Å²) in [6.07, 6.45) is 0.920. The van der Waals surface area contributed by atoms with Crippen molar-refractivity contribution in [3.8, 4) is 5.75 Å². The molecule has 0 radical (unpaired) electrons. The normalized spacial score (nSPS) is 10.3. The molecule has 0 saturated carbocycles. The molecule has 0 spiro atoms. The summed E-state index contributed by atoms with van der Waals surface area (Å²) in [5.41, 5.74) is 10.1. The Balaban J connectivity index is 1.97. The summed E-state index contributed by atoms with van der Waals surface area (Å²) in [5, 5.41) is 0. The Bertz CT molecular complexity index is 520. The Kier molecular flexibility index (Phi) is 3.88. The Morgan fingerprint density at radius 2 is 1.72 bits per heavy atom. The van der Waals surface area contributed by atoms with Crippen LogP contribution in [0.2, 0.25) is 0 Å². The number of nitrogens with two attached hydrogens (primary N) is 1. The molecule has 2 aromatic rings. The molecule has 2 N–H and O–H groups in total. The third-order valence-corrected chi connectivity index (χ3v) is 3.05. The van der Waals surface area contributed by atoms with Gasteiger partial charge in [-0.1, -0.05) is 30.3 Å². The van der Waals surface area contributed by atoms with Crippen LogP contribution in [0, 0.1) is 13.8 Å². The van der Waals surface area contributed by atoms with Gasteiger partial charge < -0.3 is 10.5 Å². The van der Waals surface area contributed by atoms with Crippen LogP contribution in [-0.2, 0) is 6.42 Å². The highest BCUT2D eigenvalue weighted by Gasteiger charge is 2.03. The first-order chi connectivity index (χ1) is 8.66. The van der Waals surface area contributed by atoms with Gasteiger partial charge in [0.25, 0.3) is 0 Å². The van der Waals surface area contributed by atoms with Crippen LogP contribution in [0.3, 0.4) is 0 Å². The molecule has 0 aliphatic rings. The monoisotopic (exact) mass is 241 g/mol. The number of rotatable bonds is 4. The summed E-state index contributed by atoms with van der Waals surface area (Å²) in [6.45, 7) is 4.71. The minimum Gasteiger partial charge on any atom is -0.493 e. The van der Waals surface area contributed by atoms with Crippen LogP contribution in [0.15, 0.2) is 42.5 Å². The fourth-order valence-corrected chi connectivity index (χ4v) is 1.89. The molecular formula is C16H19NO. The van der Waals surface area contributed by atoms with E-state index in [4.69, 9.17) is 10.5 Å². The van der Waals surface area contributed by atoms with Crippen molar-refractivity contribution in [2.75, 3.05) is 12.3 Å². The Labute approximate surface area is 108 Å². The summed E-state index contributed by atoms with van der Waals surface area (Å²) in [6, 6.07) is 14.3. The third kappa shape index (κ3) is 3.04. The average Bonchev–Trinajstić information content (AvgIpc) is 2.37. The lowest BCUT2D eigenvalue weighted by molar-refractivity contribution is 0.319. The van der Waals surface area contributed by atoms with Crippen LogP contribution in [0.1, 0.15) is 16.7 Å². The van der Waals surface area contributed by atoms with Crippen LogP contribution in [0.4, 0.5) is 5.69 Å². The quantitative estimate of drug-likeness (QED) is 0.831. The predicted molar refractivity (Wildman–Crippen MR) is 76.0 cm³/mol. The average molecular weight is 241 g/mol. The molecular weight excluding hydrogens is 222 g/mol. The topological polar surface area (TPSA) is 35.2 Å². The minimum absolute atomic E-state index is 0.689. The van der Waals surface area contributed by atoms with E-state index in [9.17, 15) is 0 Å². The van der Waals surface area contributed by atoms with Crippen LogP contribution >= 0.6 is 0 Å². The summed E-state index contributed by atoms with van der Waals surface area (Å²) in [5.74, 6) is 0.928. The lowest BCUT2D eigenvalue weighted by atomic mass is 10.1. The van der Waals surface area contributed by atoms with Crippen molar-refractivity contribution >= 4 is 5.69 Å². The standard InChI is InChI=1S/C16H19NO/c1-12-11-16(13(2)10-15(12)17)18-9-8-14-6-4-3-5-7-14/h3-7,10-11H,8-9,17H2,1-2H3. The Morgan fingerprint density at radius 1 is 1.00 bits per heavy atom. The van der Waals surface area contributed by atoms with E-state index in [1.54, 1.807) is 0 Å². The molecule has 0 aliphatic heterocycles. The summed E-state index contributed by atoms with van der Waals surface area (Å²) in [4.78, 5) is 0. The fourth-order valence-electron chi connectivity index (χ4n) is 1.89. The SMILES string of the molecule is Cc1cc(OCCc2ccccc2)c(C)cc1N. The Morgan fingerprint density at radius 3 is 2.44 bits per heavy atom. The number of aryl methyl sites for hydroxylation is 2. The molecule has 94 valence electrons. The number of ether oxygens (including phenoxy) is 1. The van der Waals surface area contributed by atoms with Gasteiger partial charge in [0.2, 0.25) is 0 Å². The van der Waals surface area contributed by atoms with E-state index in [0.29, 0.717) is 6.61 Å². The molecule has 0 amide bonds. The first-order valence-corrected chi connectivity index (χ1v) is 6.20. The summed E-state index contributed by atoms with van der Waals surface area (Å²) in [7, 11) is 0. The second-order valence-electron chi connectivity index (χ2n) is 4.56. The largest absolute Gasteiger partial charge is 0.493 e. The molecule has 0 saturated heterocycles. The third-order valence-electron chi connectivity index (χ3n) is 3.05. The minimum atomic E-state index is 0.689. The molecule has 0 aromatic heterocycles. The zero-order valence-electron chi connectivity index (χ0n) is 10.9. The molecule has 18 heavy (non-hydrogen) atoms. The summed E-state index contributed by atoms with van der Waals surface area (Å²) < 4.78 is 5.82. The Hall–Kier alpha value is -1.96. The number of hydrogen-bond donors (Lipinski definition) is 1. The smallest absolute Gasteiger partial charge is 0.122 e. The zero-order chi connectivity index (χ0) is 13.0. The maximum absolute atomic E-state index is 5.85. The van der Waals surface area contributed by atoms with Gasteiger partial charge in [-0.2, -0.15) is 0 Å². The predicted octanol–water partition coefficient (Wildman–Crippen LogP) is 3.51. The van der Waals surface area contributed by atoms with Crippen molar-refractivity contribution in [3.63, 3.8) is 0 Å². The summed E-state index contributed by atoms with van der Waals surface area (Å²) >= 11 is 0. The number of nitrogen functional groups attached to an aromatic ring is 1. The van der Waals surface area contributed by atoms with E-state index in [0.717, 1.165) is 29.0 Å². The van der Waals surface area contributed by atoms with Gasteiger partial charge in [-0.3, -0.25) is 0 Å². The van der Waals surface area contributed by atoms with Crippen molar-refractivity contribution < 1.29 is 4.74 Å². The van der Waals surface area contributed by atoms with Crippen LogP contribution in [0.5, 0.6) is 5.75 Å². The second-order valence-corrected chi connectivity index (χ2v) is 4.56. The van der Waals surface area contributed by atoms with Gasteiger partial charge in [0.05, 0.1) is 6.61 Å². The molecule has 0 bridgehead atoms. The van der Waals surface area contributed by atoms with Crippen LogP contribution < -0.4 is 10.5 Å². The highest BCUT2D eigenvalue weighted by atomic mass is 16.5. The maximum atomic E-state index is 5.85. The lowest BCUT2D eigenvalue weighted by Crippen LogP contribution is -2.03. The van der Waals surface area contributed by atoms with Crippen molar-refractivity contribution in [2.24, 2.45) is 0 Å². The van der Waals surface area contributed by atoms with Crippen molar-refractivity contribution in [1.29, 1.82) is 0 Å². The highest BCUT2D eigenvalue weighted by molar-refractivity contribution is 5.53. The van der Waals surface area contributed by atoms with Gasteiger partial charge in [0.1, 0.15) is 5.75 Å². The van der Waals surface area contributed by atoms with Crippen molar-refractivity contribution in [3.05, 3.63) is 59.2 Å². The molecule has 2 aromatic carbocycles. The van der Waals surface area contributed by atoms with E-state index in [1.807, 2.05) is 44.2 Å². The van der Waals surface area contributed by atoms with Crippen molar-refractivity contribution in [1.82, 2.24) is 0 Å². The zero-order valence-corrected chi connectivity index (χ0v) is 10.9. The van der Waals surface area contributed by atoms with Gasteiger partial charge >= 0.3 is 0 Å². The number of benzene rings is 2. The fraction of sp³-hybridized carbons (Fsp3) is 0.250. The van der Waals surface area contributed by atoms with Crippen LogP contribution in [0.25, 0.3) is 0 Å². The lowest BCUT2D eigenvalue weighted by Gasteiger charge is -2.11. The number of hydrogen-bond acceptors (Lipinski definition) is 2. The first kappa shape index (κ1) is 12.5. The maximum Gasteiger partial charge on any atom is 0.122 e. The van der Waals surface area contributed by atoms with Crippen LogP contribution in [-0.4, -0.2) is 6.61 Å². The van der Waals surface area contributed by atoms with E-state index in [-0.39, 0.29) is 0 Å². The molecule has 2 nitrogen and oxygen atoms in total. The van der Waals surface area contributed by atoms with Gasteiger partial charge in [0, 0.05) is 12.1 Å². The van der Waals surface area contributed by atoms with E-state index < -0.39 is 0 Å². The van der Waals surface area contributed by atoms with E-state index in [1.165, 1.54) is 5.56 Å². The molecule has 0 heterocycles. The van der Waals surface area contributed by atoms with Gasteiger partial charge in [-0.05, 0) is 42.7 Å². The van der Waals surface area contributed by atoms with Gasteiger partial charge in [-0.15, -0.1) is 0 Å².